The summed E-state index contributed by atoms with van der Waals surface area (Å²) in [6.07, 6.45) is 8.10. The fourth-order valence-electron chi connectivity index (χ4n) is 6.77. The number of amides is 1. The molecule has 0 atom stereocenters. The van der Waals surface area contributed by atoms with E-state index in [1.807, 2.05) is 19.1 Å². The average molecular weight is 532 g/mol. The second kappa shape index (κ2) is 8.73. The van der Waals surface area contributed by atoms with E-state index in [-0.39, 0.29) is 12.5 Å². The molecule has 0 spiro atoms. The van der Waals surface area contributed by atoms with Crippen molar-refractivity contribution >= 4 is 43.2 Å². The van der Waals surface area contributed by atoms with Gasteiger partial charge in [0.15, 0.2) is 0 Å². The van der Waals surface area contributed by atoms with Gasteiger partial charge in [-0.25, -0.2) is 8.42 Å². The molecule has 4 bridgehead atoms. The van der Waals surface area contributed by atoms with Gasteiger partial charge in [0, 0.05) is 10.2 Å². The molecular formula is C26H31BrN2O3S. The highest BCUT2D eigenvalue weighted by Gasteiger charge is 2.48. The molecule has 0 aromatic heterocycles. The van der Waals surface area contributed by atoms with Gasteiger partial charge in [-0.05, 0) is 110 Å². The Morgan fingerprint density at radius 3 is 2.15 bits per heavy atom. The zero-order valence-corrected chi connectivity index (χ0v) is 21.5. The molecule has 4 aliphatic carbocycles. The molecule has 1 amide bonds. The van der Waals surface area contributed by atoms with Gasteiger partial charge in [-0.1, -0.05) is 28.1 Å². The van der Waals surface area contributed by atoms with Crippen molar-refractivity contribution in [1.82, 2.24) is 0 Å². The van der Waals surface area contributed by atoms with Gasteiger partial charge >= 0.3 is 0 Å². The summed E-state index contributed by atoms with van der Waals surface area (Å²) in [6, 6.07) is 13.5. The molecule has 0 radical (unpaired) electrons. The second-order valence-corrected chi connectivity index (χ2v) is 13.1. The lowest BCUT2D eigenvalue weighted by Crippen LogP contribution is -2.43. The first-order valence-electron chi connectivity index (χ1n) is 11.8. The number of anilines is 2. The number of benzene rings is 2. The molecule has 0 aliphatic heterocycles. The minimum absolute atomic E-state index is 0.267. The molecule has 4 aliphatic rings. The highest BCUT2D eigenvalue weighted by atomic mass is 79.9. The normalized spacial score (nSPS) is 28.0. The van der Waals surface area contributed by atoms with Gasteiger partial charge in [0.05, 0.1) is 11.9 Å². The van der Waals surface area contributed by atoms with E-state index in [1.54, 1.807) is 18.2 Å². The number of nitrogens with zero attached hydrogens (tertiary/aromatic N) is 1. The van der Waals surface area contributed by atoms with Crippen LogP contribution in [0.15, 0.2) is 46.9 Å². The fraction of sp³-hybridized carbons (Fsp3) is 0.500. The van der Waals surface area contributed by atoms with Gasteiger partial charge in [0.25, 0.3) is 0 Å². The number of hydrogen-bond donors (Lipinski definition) is 1. The molecule has 33 heavy (non-hydrogen) atoms. The van der Waals surface area contributed by atoms with Gasteiger partial charge in [-0.3, -0.25) is 9.10 Å². The number of halogens is 1. The SMILES string of the molecule is Cc1cc(N(CC(=O)Nc2ccc(C3C4CC5CC(C4)CC3C5)cc2)S(C)(=O)=O)ccc1Br. The Morgan fingerprint density at radius 2 is 1.61 bits per heavy atom. The molecule has 5 nitrogen and oxygen atoms in total. The number of nitrogens with one attached hydrogen (secondary N) is 1. The van der Waals surface area contributed by atoms with Crippen LogP contribution in [0.5, 0.6) is 0 Å². The van der Waals surface area contributed by atoms with E-state index in [4.69, 9.17) is 0 Å². The van der Waals surface area contributed by atoms with Crippen LogP contribution < -0.4 is 9.62 Å². The first-order chi connectivity index (χ1) is 15.7. The molecule has 0 unspecified atom stereocenters. The molecule has 4 fully saturated rings. The van der Waals surface area contributed by atoms with Crippen LogP contribution in [0.25, 0.3) is 0 Å². The summed E-state index contributed by atoms with van der Waals surface area (Å²) in [6.45, 7) is 1.62. The summed E-state index contributed by atoms with van der Waals surface area (Å²) in [5.74, 6) is 3.84. The maximum absolute atomic E-state index is 12.8. The van der Waals surface area contributed by atoms with Gasteiger partial charge in [-0.2, -0.15) is 0 Å². The van der Waals surface area contributed by atoms with Crippen molar-refractivity contribution in [3.8, 4) is 0 Å². The van der Waals surface area contributed by atoms with Crippen LogP contribution in [0.1, 0.15) is 49.1 Å². The molecule has 0 saturated heterocycles. The number of hydrogen-bond acceptors (Lipinski definition) is 3. The molecule has 176 valence electrons. The van der Waals surface area contributed by atoms with E-state index >= 15 is 0 Å². The average Bonchev–Trinajstić information content (AvgIpc) is 2.74. The summed E-state index contributed by atoms with van der Waals surface area (Å²) >= 11 is 3.43. The molecule has 6 rings (SSSR count). The zero-order valence-electron chi connectivity index (χ0n) is 19.1. The monoisotopic (exact) mass is 530 g/mol. The van der Waals surface area contributed by atoms with Crippen molar-refractivity contribution in [3.05, 3.63) is 58.1 Å². The largest absolute Gasteiger partial charge is 0.325 e. The van der Waals surface area contributed by atoms with Gasteiger partial charge in [0.2, 0.25) is 15.9 Å². The van der Waals surface area contributed by atoms with Crippen LogP contribution in [0.4, 0.5) is 11.4 Å². The lowest BCUT2D eigenvalue weighted by Gasteiger charge is -2.54. The smallest absolute Gasteiger partial charge is 0.245 e. The maximum Gasteiger partial charge on any atom is 0.245 e. The van der Waals surface area contributed by atoms with Gasteiger partial charge in [0.1, 0.15) is 6.54 Å². The first-order valence-corrected chi connectivity index (χ1v) is 14.4. The van der Waals surface area contributed by atoms with E-state index in [2.05, 4.69) is 33.4 Å². The molecule has 0 heterocycles. The Kier molecular flexibility index (Phi) is 6.06. The molecule has 7 heteroatoms. The standard InChI is InChI=1S/C26H31BrN2O3S/c1-16-9-23(7-8-24(16)27)29(33(2,31)32)15-25(30)28-22-5-3-19(4-6-22)26-20-11-17-10-18(13-20)14-21(26)12-17/h3-9,17-18,20-21,26H,10-15H2,1-2H3,(H,28,30). The molecule has 4 saturated carbocycles. The van der Waals surface area contributed by atoms with E-state index in [0.29, 0.717) is 17.3 Å². The molecule has 2 aromatic carbocycles. The molecular weight excluding hydrogens is 500 g/mol. The van der Waals surface area contributed by atoms with Crippen LogP contribution in [0, 0.1) is 30.6 Å². The fourth-order valence-corrected chi connectivity index (χ4v) is 7.87. The number of aryl methyl sites for hydroxylation is 1. The number of rotatable bonds is 6. The highest BCUT2D eigenvalue weighted by molar-refractivity contribution is 9.10. The van der Waals surface area contributed by atoms with Crippen LogP contribution in [-0.4, -0.2) is 27.1 Å². The quantitative estimate of drug-likeness (QED) is 0.520. The Bertz CT molecular complexity index is 1130. The van der Waals surface area contributed by atoms with Crippen LogP contribution in [0.3, 0.4) is 0 Å². The van der Waals surface area contributed by atoms with E-state index in [0.717, 1.165) is 44.3 Å². The maximum atomic E-state index is 12.8. The third-order valence-corrected chi connectivity index (χ3v) is 9.95. The topological polar surface area (TPSA) is 66.5 Å². The molecule has 2 aromatic rings. The van der Waals surface area contributed by atoms with Crippen molar-refractivity contribution in [2.45, 2.75) is 44.9 Å². The Balaban J connectivity index is 1.27. The second-order valence-electron chi connectivity index (χ2n) is 10.3. The van der Waals surface area contributed by atoms with E-state index in [9.17, 15) is 13.2 Å². The minimum atomic E-state index is -3.61. The number of carbonyl (C=O) groups excluding carboxylic acids is 1. The lowest BCUT2D eigenvalue weighted by atomic mass is 9.51. The first kappa shape index (κ1) is 22.9. The van der Waals surface area contributed by atoms with Crippen molar-refractivity contribution < 1.29 is 13.2 Å². The van der Waals surface area contributed by atoms with Crippen LogP contribution in [0.2, 0.25) is 0 Å². The van der Waals surface area contributed by atoms with Gasteiger partial charge in [-0.15, -0.1) is 0 Å². The predicted octanol–water partition coefficient (Wildman–Crippen LogP) is 5.70. The van der Waals surface area contributed by atoms with Gasteiger partial charge < -0.3 is 5.32 Å². The van der Waals surface area contributed by atoms with Crippen LogP contribution >= 0.6 is 15.9 Å². The summed E-state index contributed by atoms with van der Waals surface area (Å²) in [4.78, 5) is 12.8. The van der Waals surface area contributed by atoms with Crippen LogP contribution in [-0.2, 0) is 14.8 Å². The number of sulfonamides is 1. The van der Waals surface area contributed by atoms with E-state index in [1.165, 1.54) is 37.7 Å². The Hall–Kier alpha value is -1.86. The van der Waals surface area contributed by atoms with Crippen molar-refractivity contribution in [2.24, 2.45) is 23.7 Å². The number of carbonyl (C=O) groups is 1. The predicted molar refractivity (Wildman–Crippen MR) is 136 cm³/mol. The summed E-state index contributed by atoms with van der Waals surface area (Å²) < 4.78 is 26.8. The lowest BCUT2D eigenvalue weighted by molar-refractivity contribution is -0.114. The van der Waals surface area contributed by atoms with E-state index < -0.39 is 10.0 Å². The van der Waals surface area contributed by atoms with Crippen molar-refractivity contribution in [3.63, 3.8) is 0 Å². The summed E-state index contributed by atoms with van der Waals surface area (Å²) in [5, 5.41) is 2.88. The Labute approximate surface area is 205 Å². The van der Waals surface area contributed by atoms with Crippen molar-refractivity contribution in [2.75, 3.05) is 22.4 Å². The molecule has 1 N–H and O–H groups in total. The zero-order chi connectivity index (χ0) is 23.3. The minimum Gasteiger partial charge on any atom is -0.325 e. The summed E-state index contributed by atoms with van der Waals surface area (Å²) in [5.41, 5.74) is 3.48. The third-order valence-electron chi connectivity index (χ3n) is 7.92. The third kappa shape index (κ3) is 4.72. The highest BCUT2D eigenvalue weighted by Crippen LogP contribution is 2.59. The summed E-state index contributed by atoms with van der Waals surface area (Å²) in [7, 11) is -3.61. The Morgan fingerprint density at radius 1 is 1.00 bits per heavy atom. The van der Waals surface area contributed by atoms with Crippen molar-refractivity contribution in [1.29, 1.82) is 0 Å².